The first kappa shape index (κ1) is 18.3. The first-order valence-electron chi connectivity index (χ1n) is 8.36. The third-order valence-electron chi connectivity index (χ3n) is 3.81. The molecule has 0 aliphatic carbocycles. The number of fused-ring (bicyclic) bond motifs is 1. The maximum Gasteiger partial charge on any atom is 0.410 e. The van der Waals surface area contributed by atoms with Gasteiger partial charge in [0.15, 0.2) is 0 Å². The number of benzene rings is 1. The first-order valence-corrected chi connectivity index (χ1v) is 8.36. The summed E-state index contributed by atoms with van der Waals surface area (Å²) < 4.78 is 5.38. The number of carbonyl (C=O) groups is 1. The molecule has 2 rings (SSSR count). The Morgan fingerprint density at radius 3 is 2.75 bits per heavy atom. The minimum absolute atomic E-state index is 0.100. The molecule has 24 heavy (non-hydrogen) atoms. The molecule has 1 unspecified atom stereocenters. The highest BCUT2D eigenvalue weighted by atomic mass is 16.6. The van der Waals surface area contributed by atoms with Gasteiger partial charge in [-0.1, -0.05) is 12.1 Å². The van der Waals surface area contributed by atoms with E-state index in [1.165, 1.54) is 0 Å². The monoisotopic (exact) mass is 332 g/mol. The zero-order valence-corrected chi connectivity index (χ0v) is 15.2. The van der Waals surface area contributed by atoms with Gasteiger partial charge in [0.25, 0.3) is 0 Å². The molecule has 0 aliphatic rings. The Morgan fingerprint density at radius 2 is 2.08 bits per heavy atom. The van der Waals surface area contributed by atoms with Crippen LogP contribution in [0.1, 0.15) is 39.9 Å². The van der Waals surface area contributed by atoms with Crippen molar-refractivity contribution in [2.24, 2.45) is 0 Å². The van der Waals surface area contributed by atoms with Crippen LogP contribution in [0.25, 0.3) is 11.0 Å². The van der Waals surface area contributed by atoms with Crippen LogP contribution < -0.4 is 5.32 Å². The summed E-state index contributed by atoms with van der Waals surface area (Å²) in [5.74, 6) is 0.921. The molecule has 2 aromatic rings. The Kier molecular flexibility index (Phi) is 5.83. The Morgan fingerprint density at radius 1 is 1.38 bits per heavy atom. The second kappa shape index (κ2) is 7.66. The van der Waals surface area contributed by atoms with Crippen LogP contribution in [-0.2, 0) is 11.3 Å². The lowest BCUT2D eigenvalue weighted by molar-refractivity contribution is 0.0230. The van der Waals surface area contributed by atoms with E-state index in [0.29, 0.717) is 6.54 Å². The number of imidazole rings is 1. The molecule has 0 fully saturated rings. The largest absolute Gasteiger partial charge is 0.444 e. The summed E-state index contributed by atoms with van der Waals surface area (Å²) in [6.07, 6.45) is 0.558. The number of nitrogens with zero attached hydrogens (tertiary/aromatic N) is 2. The van der Waals surface area contributed by atoms with Crippen LogP contribution in [-0.4, -0.2) is 46.2 Å². The second-order valence-electron chi connectivity index (χ2n) is 7.11. The van der Waals surface area contributed by atoms with E-state index in [-0.39, 0.29) is 12.1 Å². The van der Waals surface area contributed by atoms with E-state index >= 15 is 0 Å². The number of nitrogens with one attached hydrogen (secondary N) is 2. The van der Waals surface area contributed by atoms with Crippen molar-refractivity contribution in [3.8, 4) is 0 Å². The van der Waals surface area contributed by atoms with Gasteiger partial charge in [0.05, 0.1) is 17.6 Å². The van der Waals surface area contributed by atoms with Gasteiger partial charge in [-0.25, -0.2) is 9.78 Å². The Balaban J connectivity index is 1.74. The van der Waals surface area contributed by atoms with Gasteiger partial charge in [0.2, 0.25) is 0 Å². The molecule has 1 aromatic carbocycles. The molecule has 0 saturated carbocycles. The SMILES string of the molecule is CC(CCNCc1nc2ccccc2[nH]1)N(C)C(=O)OC(C)(C)C. The van der Waals surface area contributed by atoms with E-state index in [9.17, 15) is 4.79 Å². The van der Waals surface area contributed by atoms with Gasteiger partial charge < -0.3 is 19.9 Å². The average molecular weight is 332 g/mol. The number of aromatic amines is 1. The lowest BCUT2D eigenvalue weighted by atomic mass is 10.2. The number of ether oxygens (including phenoxy) is 1. The van der Waals surface area contributed by atoms with E-state index in [0.717, 1.165) is 29.8 Å². The third-order valence-corrected chi connectivity index (χ3v) is 3.81. The van der Waals surface area contributed by atoms with Gasteiger partial charge in [-0.3, -0.25) is 0 Å². The fourth-order valence-electron chi connectivity index (χ4n) is 2.31. The molecule has 0 bridgehead atoms. The Labute approximate surface area is 143 Å². The molecule has 6 heteroatoms. The van der Waals surface area contributed by atoms with Gasteiger partial charge in [0.1, 0.15) is 11.4 Å². The molecular weight excluding hydrogens is 304 g/mol. The molecule has 0 spiro atoms. The molecule has 1 aromatic heterocycles. The number of hydrogen-bond acceptors (Lipinski definition) is 4. The topological polar surface area (TPSA) is 70.2 Å². The molecule has 0 aliphatic heterocycles. The van der Waals surface area contributed by atoms with Crippen molar-refractivity contribution in [3.63, 3.8) is 0 Å². The van der Waals surface area contributed by atoms with Crippen LogP contribution >= 0.6 is 0 Å². The molecule has 1 heterocycles. The van der Waals surface area contributed by atoms with Crippen LogP contribution in [0.5, 0.6) is 0 Å². The van der Waals surface area contributed by atoms with Gasteiger partial charge in [-0.15, -0.1) is 0 Å². The van der Waals surface area contributed by atoms with E-state index in [1.54, 1.807) is 11.9 Å². The summed E-state index contributed by atoms with van der Waals surface area (Å²) >= 11 is 0. The van der Waals surface area contributed by atoms with Crippen molar-refractivity contribution in [3.05, 3.63) is 30.1 Å². The predicted octanol–water partition coefficient (Wildman–Crippen LogP) is 3.30. The summed E-state index contributed by atoms with van der Waals surface area (Å²) in [4.78, 5) is 21.5. The number of rotatable bonds is 6. The molecule has 1 atom stereocenters. The van der Waals surface area contributed by atoms with Crippen molar-refractivity contribution in [1.82, 2.24) is 20.2 Å². The number of carbonyl (C=O) groups excluding carboxylic acids is 1. The van der Waals surface area contributed by atoms with Crippen molar-refractivity contribution in [1.29, 1.82) is 0 Å². The minimum atomic E-state index is -0.468. The predicted molar refractivity (Wildman–Crippen MR) is 95.9 cm³/mol. The maximum absolute atomic E-state index is 12.0. The molecule has 0 radical (unpaired) electrons. The zero-order chi connectivity index (χ0) is 17.7. The highest BCUT2D eigenvalue weighted by Crippen LogP contribution is 2.12. The molecule has 2 N–H and O–H groups in total. The van der Waals surface area contributed by atoms with E-state index < -0.39 is 5.60 Å². The summed E-state index contributed by atoms with van der Waals surface area (Å²) in [7, 11) is 1.78. The standard InChI is InChI=1S/C18H28N4O2/c1-13(22(5)17(23)24-18(2,3)4)10-11-19-12-16-20-14-8-6-7-9-15(14)21-16/h6-9,13,19H,10-12H2,1-5H3,(H,20,21). The van der Waals surface area contributed by atoms with Crippen LogP contribution in [0.2, 0.25) is 0 Å². The lowest BCUT2D eigenvalue weighted by Crippen LogP contribution is -2.40. The fourth-order valence-corrected chi connectivity index (χ4v) is 2.31. The van der Waals surface area contributed by atoms with Crippen molar-refractivity contribution < 1.29 is 9.53 Å². The van der Waals surface area contributed by atoms with Crippen LogP contribution in [0.15, 0.2) is 24.3 Å². The van der Waals surface area contributed by atoms with Crippen LogP contribution in [0, 0.1) is 0 Å². The normalized spacial score (nSPS) is 13.0. The third kappa shape index (κ3) is 5.23. The van der Waals surface area contributed by atoms with Gasteiger partial charge in [-0.2, -0.15) is 0 Å². The Bertz CT molecular complexity index is 642. The smallest absolute Gasteiger partial charge is 0.410 e. The number of para-hydroxylation sites is 2. The summed E-state index contributed by atoms with van der Waals surface area (Å²) in [5, 5.41) is 3.36. The van der Waals surface area contributed by atoms with Gasteiger partial charge in [0, 0.05) is 13.1 Å². The van der Waals surface area contributed by atoms with Crippen LogP contribution in [0.4, 0.5) is 4.79 Å². The molecule has 0 saturated heterocycles. The van der Waals surface area contributed by atoms with Crippen molar-refractivity contribution in [2.75, 3.05) is 13.6 Å². The number of H-pyrrole nitrogens is 1. The molecule has 6 nitrogen and oxygen atoms in total. The molecular formula is C18H28N4O2. The van der Waals surface area contributed by atoms with E-state index in [4.69, 9.17) is 4.74 Å². The van der Waals surface area contributed by atoms with E-state index in [2.05, 4.69) is 15.3 Å². The van der Waals surface area contributed by atoms with E-state index in [1.807, 2.05) is 52.0 Å². The van der Waals surface area contributed by atoms with Gasteiger partial charge in [-0.05, 0) is 52.8 Å². The minimum Gasteiger partial charge on any atom is -0.444 e. The summed E-state index contributed by atoms with van der Waals surface area (Å²) in [5.41, 5.74) is 1.56. The highest BCUT2D eigenvalue weighted by Gasteiger charge is 2.22. The highest BCUT2D eigenvalue weighted by molar-refractivity contribution is 5.74. The zero-order valence-electron chi connectivity index (χ0n) is 15.2. The number of amides is 1. The summed E-state index contributed by atoms with van der Waals surface area (Å²) in [6.45, 7) is 9.12. The fraction of sp³-hybridized carbons (Fsp3) is 0.556. The first-order chi connectivity index (χ1) is 11.3. The number of hydrogen-bond donors (Lipinski definition) is 2. The molecule has 1 amide bonds. The van der Waals surface area contributed by atoms with Gasteiger partial charge >= 0.3 is 6.09 Å². The lowest BCUT2D eigenvalue weighted by Gasteiger charge is -2.28. The Hall–Kier alpha value is -2.08. The maximum atomic E-state index is 12.0. The quantitative estimate of drug-likeness (QED) is 0.796. The average Bonchev–Trinajstić information content (AvgIpc) is 2.91. The summed E-state index contributed by atoms with van der Waals surface area (Å²) in [6, 6.07) is 8.08. The van der Waals surface area contributed by atoms with Crippen molar-refractivity contribution in [2.45, 2.75) is 52.3 Å². The van der Waals surface area contributed by atoms with Crippen LogP contribution in [0.3, 0.4) is 0 Å². The second-order valence-corrected chi connectivity index (χ2v) is 7.11. The van der Waals surface area contributed by atoms with Crippen molar-refractivity contribution >= 4 is 17.1 Å². The number of aromatic nitrogens is 2. The molecule has 132 valence electrons.